The van der Waals surface area contributed by atoms with E-state index < -0.39 is 10.0 Å². The molecular formula is C27H30N4O5S. The van der Waals surface area contributed by atoms with E-state index in [1.165, 1.54) is 0 Å². The Labute approximate surface area is 216 Å². The van der Waals surface area contributed by atoms with E-state index in [1.54, 1.807) is 24.3 Å². The first-order valence-corrected chi connectivity index (χ1v) is 13.8. The molecule has 0 amide bonds. The molecule has 10 heteroatoms. The Balaban J connectivity index is 1.49. The van der Waals surface area contributed by atoms with Crippen LogP contribution >= 0.6 is 0 Å². The van der Waals surface area contributed by atoms with Gasteiger partial charge in [-0.1, -0.05) is 30.3 Å². The minimum absolute atomic E-state index is 0.112. The lowest BCUT2D eigenvalue weighted by Crippen LogP contribution is -2.36. The number of benzene rings is 3. The molecule has 37 heavy (non-hydrogen) atoms. The van der Waals surface area contributed by atoms with Gasteiger partial charge in [0.05, 0.1) is 53.7 Å². The highest BCUT2D eigenvalue weighted by Crippen LogP contribution is 2.40. The predicted molar refractivity (Wildman–Crippen MR) is 144 cm³/mol. The number of H-pyrrole nitrogens is 1. The van der Waals surface area contributed by atoms with Crippen LogP contribution in [0.1, 0.15) is 13.8 Å². The number of hydrogen-bond acceptors (Lipinski definition) is 7. The van der Waals surface area contributed by atoms with E-state index in [2.05, 4.69) is 19.6 Å². The molecule has 0 aliphatic carbocycles. The molecule has 4 aromatic rings. The van der Waals surface area contributed by atoms with Gasteiger partial charge in [-0.15, -0.1) is 0 Å². The number of morpholine rings is 1. The zero-order valence-electron chi connectivity index (χ0n) is 20.9. The molecule has 2 N–H and O–H groups in total. The molecule has 0 saturated carbocycles. The summed E-state index contributed by atoms with van der Waals surface area (Å²) in [6.07, 6.45) is 0. The Morgan fingerprint density at radius 2 is 1.70 bits per heavy atom. The summed E-state index contributed by atoms with van der Waals surface area (Å²) in [4.78, 5) is 10.1. The van der Waals surface area contributed by atoms with Crippen molar-refractivity contribution in [1.29, 1.82) is 0 Å². The SMILES string of the molecule is CCOc1cc(N2CCOCC2)c(OCC)cc1NS(=O)(=O)c1ccc2nc(-c3ccccc3)[nH]c2c1. The van der Waals surface area contributed by atoms with Crippen LogP contribution in [0.4, 0.5) is 11.4 Å². The van der Waals surface area contributed by atoms with Crippen molar-refractivity contribution in [2.24, 2.45) is 0 Å². The molecule has 0 bridgehead atoms. The third kappa shape index (κ3) is 5.35. The summed E-state index contributed by atoms with van der Waals surface area (Å²) in [5.74, 6) is 1.70. The molecule has 0 atom stereocenters. The molecule has 9 nitrogen and oxygen atoms in total. The lowest BCUT2D eigenvalue weighted by Gasteiger charge is -2.31. The third-order valence-electron chi connectivity index (χ3n) is 6.07. The third-order valence-corrected chi connectivity index (χ3v) is 7.43. The quantitative estimate of drug-likeness (QED) is 0.329. The highest BCUT2D eigenvalue weighted by molar-refractivity contribution is 7.92. The van der Waals surface area contributed by atoms with Crippen LogP contribution in [0, 0.1) is 0 Å². The minimum Gasteiger partial charge on any atom is -0.492 e. The summed E-state index contributed by atoms with van der Waals surface area (Å²) < 4.78 is 46.9. The van der Waals surface area contributed by atoms with Crippen LogP contribution in [0.2, 0.25) is 0 Å². The van der Waals surface area contributed by atoms with Gasteiger partial charge >= 0.3 is 0 Å². The maximum atomic E-state index is 13.5. The minimum atomic E-state index is -3.94. The Kier molecular flexibility index (Phi) is 7.20. The van der Waals surface area contributed by atoms with Gasteiger partial charge in [-0.05, 0) is 32.0 Å². The average molecular weight is 523 g/mol. The lowest BCUT2D eigenvalue weighted by molar-refractivity contribution is 0.122. The number of rotatable bonds is 9. The molecule has 1 aliphatic heterocycles. The van der Waals surface area contributed by atoms with Gasteiger partial charge in [-0.25, -0.2) is 13.4 Å². The maximum Gasteiger partial charge on any atom is 0.262 e. The fourth-order valence-corrected chi connectivity index (χ4v) is 5.41. The number of nitrogens with zero attached hydrogens (tertiary/aromatic N) is 2. The average Bonchev–Trinajstić information content (AvgIpc) is 3.35. The Hall–Kier alpha value is -3.76. The molecule has 2 heterocycles. The maximum absolute atomic E-state index is 13.5. The van der Waals surface area contributed by atoms with E-state index in [0.29, 0.717) is 73.6 Å². The molecular weight excluding hydrogens is 492 g/mol. The van der Waals surface area contributed by atoms with Crippen LogP contribution in [0.5, 0.6) is 11.5 Å². The van der Waals surface area contributed by atoms with E-state index in [-0.39, 0.29) is 4.90 Å². The second kappa shape index (κ2) is 10.7. The van der Waals surface area contributed by atoms with Crippen molar-refractivity contribution in [1.82, 2.24) is 9.97 Å². The number of nitrogens with one attached hydrogen (secondary N) is 2. The molecule has 0 radical (unpaired) electrons. The topological polar surface area (TPSA) is 106 Å². The first kappa shape index (κ1) is 24.9. The van der Waals surface area contributed by atoms with Crippen molar-refractivity contribution < 1.29 is 22.6 Å². The van der Waals surface area contributed by atoms with Gasteiger partial charge in [0.1, 0.15) is 17.3 Å². The van der Waals surface area contributed by atoms with Crippen LogP contribution in [0.15, 0.2) is 65.6 Å². The number of fused-ring (bicyclic) bond motifs is 1. The zero-order chi connectivity index (χ0) is 25.8. The summed E-state index contributed by atoms with van der Waals surface area (Å²) >= 11 is 0. The number of aromatic amines is 1. The molecule has 0 unspecified atom stereocenters. The normalized spacial score (nSPS) is 14.1. The smallest absolute Gasteiger partial charge is 0.262 e. The molecule has 1 aliphatic rings. The lowest BCUT2D eigenvalue weighted by atomic mass is 10.2. The van der Waals surface area contributed by atoms with Crippen molar-refractivity contribution in [3.63, 3.8) is 0 Å². The van der Waals surface area contributed by atoms with Gasteiger partial charge in [0.15, 0.2) is 0 Å². The van der Waals surface area contributed by atoms with Crippen LogP contribution in [-0.2, 0) is 14.8 Å². The molecule has 3 aromatic carbocycles. The number of ether oxygens (including phenoxy) is 3. The molecule has 1 aromatic heterocycles. The van der Waals surface area contributed by atoms with E-state index in [1.807, 2.05) is 50.2 Å². The van der Waals surface area contributed by atoms with E-state index in [4.69, 9.17) is 14.2 Å². The monoisotopic (exact) mass is 522 g/mol. The van der Waals surface area contributed by atoms with Crippen LogP contribution in [0.3, 0.4) is 0 Å². The van der Waals surface area contributed by atoms with E-state index >= 15 is 0 Å². The first-order valence-electron chi connectivity index (χ1n) is 12.3. The summed E-state index contributed by atoms with van der Waals surface area (Å²) in [7, 11) is -3.94. The number of hydrogen-bond donors (Lipinski definition) is 2. The van der Waals surface area contributed by atoms with Crippen LogP contribution in [-0.4, -0.2) is 57.9 Å². The summed E-state index contributed by atoms with van der Waals surface area (Å²) in [5, 5.41) is 0. The van der Waals surface area contributed by atoms with E-state index in [0.717, 1.165) is 11.3 Å². The largest absolute Gasteiger partial charge is 0.492 e. The standard InChI is InChI=1S/C27H30N4O5S/c1-3-35-25-18-24(31-12-14-34-15-13-31)26(36-4-2)17-23(25)30-37(32,33)20-10-11-21-22(16-20)29-27(28-21)19-8-6-5-7-9-19/h5-11,16-18,30H,3-4,12-15H2,1-2H3,(H,28,29). The van der Waals surface area contributed by atoms with Crippen molar-refractivity contribution in [3.05, 3.63) is 60.7 Å². The first-order chi connectivity index (χ1) is 18.0. The highest BCUT2D eigenvalue weighted by atomic mass is 32.2. The highest BCUT2D eigenvalue weighted by Gasteiger charge is 2.23. The van der Waals surface area contributed by atoms with Crippen molar-refractivity contribution in [2.45, 2.75) is 18.7 Å². The molecule has 1 fully saturated rings. The number of sulfonamides is 1. The van der Waals surface area contributed by atoms with Crippen LogP contribution < -0.4 is 19.1 Å². The second-order valence-electron chi connectivity index (χ2n) is 8.52. The van der Waals surface area contributed by atoms with Gasteiger partial charge in [-0.3, -0.25) is 4.72 Å². The van der Waals surface area contributed by atoms with Gasteiger partial charge < -0.3 is 24.1 Å². The second-order valence-corrected chi connectivity index (χ2v) is 10.2. The van der Waals surface area contributed by atoms with E-state index in [9.17, 15) is 8.42 Å². The van der Waals surface area contributed by atoms with Gasteiger partial charge in [-0.2, -0.15) is 0 Å². The van der Waals surface area contributed by atoms with Crippen molar-refractivity contribution in [3.8, 4) is 22.9 Å². The molecule has 0 spiro atoms. The molecule has 5 rings (SSSR count). The number of imidazole rings is 1. The summed E-state index contributed by atoms with van der Waals surface area (Å²) in [6.45, 7) is 7.24. The van der Waals surface area contributed by atoms with Gasteiger partial charge in [0.25, 0.3) is 10.0 Å². The molecule has 1 saturated heterocycles. The zero-order valence-corrected chi connectivity index (χ0v) is 21.7. The van der Waals surface area contributed by atoms with Crippen molar-refractivity contribution in [2.75, 3.05) is 49.1 Å². The Bertz CT molecular complexity index is 1480. The Morgan fingerprint density at radius 3 is 2.43 bits per heavy atom. The van der Waals surface area contributed by atoms with Crippen LogP contribution in [0.25, 0.3) is 22.4 Å². The number of aromatic nitrogens is 2. The molecule has 194 valence electrons. The summed E-state index contributed by atoms with van der Waals surface area (Å²) in [6, 6.07) is 18.0. The summed E-state index contributed by atoms with van der Waals surface area (Å²) in [5.41, 5.74) is 3.40. The van der Waals surface area contributed by atoms with Gasteiger partial charge in [0.2, 0.25) is 0 Å². The fraction of sp³-hybridized carbons (Fsp3) is 0.296. The van der Waals surface area contributed by atoms with Gasteiger partial charge in [0, 0.05) is 30.8 Å². The fourth-order valence-electron chi connectivity index (χ4n) is 4.32. The Morgan fingerprint density at radius 1 is 0.973 bits per heavy atom. The predicted octanol–water partition coefficient (Wildman–Crippen LogP) is 4.66. The number of anilines is 2. The van der Waals surface area contributed by atoms with Crippen molar-refractivity contribution >= 4 is 32.4 Å².